The van der Waals surface area contributed by atoms with E-state index in [1.165, 1.54) is 6.20 Å². The van der Waals surface area contributed by atoms with Crippen LogP contribution in [0.15, 0.2) is 18.5 Å². The van der Waals surface area contributed by atoms with Gasteiger partial charge < -0.3 is 10.2 Å². The number of hydrogen-bond acceptors (Lipinski definition) is 5. The van der Waals surface area contributed by atoms with Gasteiger partial charge in [0.1, 0.15) is 11.9 Å². The Kier molecular flexibility index (Phi) is 4.09. The molecular weight excluding hydrogens is 232 g/mol. The molecule has 18 heavy (non-hydrogen) atoms. The second kappa shape index (κ2) is 5.77. The monoisotopic (exact) mass is 250 g/mol. The Morgan fingerprint density at radius 1 is 1.50 bits per heavy atom. The maximum absolute atomic E-state index is 11.0. The van der Waals surface area contributed by atoms with Crippen molar-refractivity contribution in [3.05, 3.63) is 28.6 Å². The number of nitro groups is 1. The number of nitrogens with zero attached hydrogens (tertiary/aromatic N) is 3. The van der Waals surface area contributed by atoms with E-state index >= 15 is 0 Å². The minimum absolute atomic E-state index is 0.0807. The van der Waals surface area contributed by atoms with Gasteiger partial charge in [0, 0.05) is 19.3 Å². The van der Waals surface area contributed by atoms with Crippen molar-refractivity contribution in [1.82, 2.24) is 10.3 Å². The lowest BCUT2D eigenvalue weighted by Gasteiger charge is -2.28. The maximum atomic E-state index is 11.0. The van der Waals surface area contributed by atoms with Crippen LogP contribution in [0.2, 0.25) is 0 Å². The van der Waals surface area contributed by atoms with Crippen LogP contribution in [-0.2, 0) is 0 Å². The fourth-order valence-electron chi connectivity index (χ4n) is 2.40. The third-order valence-corrected chi connectivity index (χ3v) is 3.45. The Labute approximate surface area is 106 Å². The summed E-state index contributed by atoms with van der Waals surface area (Å²) in [7, 11) is 1.93. The Morgan fingerprint density at radius 3 is 3.11 bits per heavy atom. The molecule has 0 bridgehead atoms. The molecule has 1 aliphatic rings. The largest absolute Gasteiger partial charge is 0.366 e. The molecule has 0 amide bonds. The third-order valence-electron chi connectivity index (χ3n) is 3.45. The molecule has 0 aromatic carbocycles. The molecule has 2 rings (SSSR count). The topological polar surface area (TPSA) is 71.3 Å². The van der Waals surface area contributed by atoms with Crippen molar-refractivity contribution >= 4 is 11.4 Å². The van der Waals surface area contributed by atoms with Crippen LogP contribution in [0.4, 0.5) is 11.4 Å². The predicted molar refractivity (Wildman–Crippen MR) is 69.8 cm³/mol. The second-order valence-corrected chi connectivity index (χ2v) is 4.57. The van der Waals surface area contributed by atoms with Crippen molar-refractivity contribution in [2.24, 2.45) is 0 Å². The molecule has 1 aromatic rings. The second-order valence-electron chi connectivity index (χ2n) is 4.57. The van der Waals surface area contributed by atoms with Crippen molar-refractivity contribution in [3.63, 3.8) is 0 Å². The molecule has 1 saturated heterocycles. The lowest BCUT2D eigenvalue weighted by molar-refractivity contribution is -0.384. The molecule has 1 aromatic heterocycles. The van der Waals surface area contributed by atoms with Gasteiger partial charge >= 0.3 is 5.69 Å². The Hall–Kier alpha value is -1.69. The van der Waals surface area contributed by atoms with E-state index in [2.05, 4.69) is 10.3 Å². The van der Waals surface area contributed by atoms with Gasteiger partial charge in [-0.15, -0.1) is 0 Å². The van der Waals surface area contributed by atoms with Gasteiger partial charge in [0.2, 0.25) is 0 Å². The fourth-order valence-corrected chi connectivity index (χ4v) is 2.40. The van der Waals surface area contributed by atoms with Crippen LogP contribution in [0.25, 0.3) is 0 Å². The van der Waals surface area contributed by atoms with Gasteiger partial charge in [-0.1, -0.05) is 0 Å². The fraction of sp³-hybridized carbons (Fsp3) is 0.583. The number of pyridine rings is 1. The molecular formula is C12H18N4O2. The van der Waals surface area contributed by atoms with Crippen LogP contribution in [-0.4, -0.2) is 36.1 Å². The molecule has 1 unspecified atom stereocenters. The van der Waals surface area contributed by atoms with Crippen LogP contribution >= 0.6 is 0 Å². The predicted octanol–water partition coefficient (Wildman–Crippen LogP) is 1.57. The first kappa shape index (κ1) is 12.8. The summed E-state index contributed by atoms with van der Waals surface area (Å²) in [6.45, 7) is 2.00. The van der Waals surface area contributed by atoms with Crippen LogP contribution < -0.4 is 10.2 Å². The molecule has 1 fully saturated rings. The minimum Gasteiger partial charge on any atom is -0.366 e. The smallest absolute Gasteiger partial charge is 0.310 e. The highest BCUT2D eigenvalue weighted by Crippen LogP contribution is 2.29. The number of hydrogen-bond donors (Lipinski definition) is 1. The van der Waals surface area contributed by atoms with E-state index in [-0.39, 0.29) is 10.6 Å². The third kappa shape index (κ3) is 2.76. The van der Waals surface area contributed by atoms with E-state index in [1.54, 1.807) is 12.3 Å². The zero-order valence-electron chi connectivity index (χ0n) is 10.5. The molecule has 98 valence electrons. The summed E-state index contributed by atoms with van der Waals surface area (Å²) in [5.41, 5.74) is 0.735. The van der Waals surface area contributed by atoms with Gasteiger partial charge in [-0.3, -0.25) is 15.1 Å². The average Bonchev–Trinajstić information content (AvgIpc) is 2.66. The van der Waals surface area contributed by atoms with Crippen LogP contribution in [0.3, 0.4) is 0 Å². The maximum Gasteiger partial charge on any atom is 0.310 e. The van der Waals surface area contributed by atoms with E-state index in [0.29, 0.717) is 11.7 Å². The van der Waals surface area contributed by atoms with E-state index in [4.69, 9.17) is 0 Å². The van der Waals surface area contributed by atoms with E-state index in [9.17, 15) is 10.1 Å². The van der Waals surface area contributed by atoms with Crippen molar-refractivity contribution in [2.75, 3.05) is 25.0 Å². The van der Waals surface area contributed by atoms with Crippen molar-refractivity contribution in [1.29, 1.82) is 0 Å². The van der Waals surface area contributed by atoms with Gasteiger partial charge in [0.25, 0.3) is 0 Å². The summed E-state index contributed by atoms with van der Waals surface area (Å²) >= 11 is 0. The first-order valence-corrected chi connectivity index (χ1v) is 6.22. The van der Waals surface area contributed by atoms with Gasteiger partial charge in [0.15, 0.2) is 0 Å². The molecule has 2 heterocycles. The van der Waals surface area contributed by atoms with E-state index < -0.39 is 0 Å². The van der Waals surface area contributed by atoms with Gasteiger partial charge in [-0.25, -0.2) is 0 Å². The highest BCUT2D eigenvalue weighted by molar-refractivity contribution is 5.61. The van der Waals surface area contributed by atoms with Crippen molar-refractivity contribution in [2.45, 2.75) is 25.3 Å². The summed E-state index contributed by atoms with van der Waals surface area (Å²) in [6, 6.07) is 2.07. The first-order valence-electron chi connectivity index (χ1n) is 6.22. The summed E-state index contributed by atoms with van der Waals surface area (Å²) in [6.07, 6.45) is 6.10. The molecule has 1 atom stereocenters. The molecule has 1 aliphatic heterocycles. The van der Waals surface area contributed by atoms with Gasteiger partial charge in [0.05, 0.1) is 4.92 Å². The van der Waals surface area contributed by atoms with E-state index in [1.807, 2.05) is 11.9 Å². The Balaban J connectivity index is 2.21. The number of nitrogens with one attached hydrogen (secondary N) is 1. The zero-order valence-corrected chi connectivity index (χ0v) is 10.5. The zero-order chi connectivity index (χ0) is 13.0. The lowest BCUT2D eigenvalue weighted by atomic mass is 10.1. The summed E-state index contributed by atoms with van der Waals surface area (Å²) in [5.74, 6) is 0. The molecule has 6 heteroatoms. The first-order chi connectivity index (χ1) is 8.70. The molecule has 0 radical (unpaired) electrons. The van der Waals surface area contributed by atoms with Crippen LogP contribution in [0, 0.1) is 10.1 Å². The summed E-state index contributed by atoms with van der Waals surface area (Å²) in [4.78, 5) is 16.5. The molecule has 0 saturated carbocycles. The highest BCUT2D eigenvalue weighted by Gasteiger charge is 2.23. The van der Waals surface area contributed by atoms with Crippen molar-refractivity contribution < 1.29 is 4.92 Å². The molecule has 6 nitrogen and oxygen atoms in total. The SMILES string of the molecule is CN(c1ccncc1[N+](=O)[O-])C1CCCNCC1. The van der Waals surface area contributed by atoms with Crippen LogP contribution in [0.1, 0.15) is 19.3 Å². The Morgan fingerprint density at radius 2 is 2.33 bits per heavy atom. The number of aromatic nitrogens is 1. The highest BCUT2D eigenvalue weighted by atomic mass is 16.6. The number of anilines is 1. The van der Waals surface area contributed by atoms with E-state index in [0.717, 1.165) is 32.4 Å². The quantitative estimate of drug-likeness (QED) is 0.651. The normalized spacial score (nSPS) is 20.2. The standard InChI is InChI=1S/C12H18N4O2/c1-15(10-3-2-6-13-7-4-10)11-5-8-14-9-12(11)16(17)18/h5,8-10,13H,2-4,6-7H2,1H3. The van der Waals surface area contributed by atoms with Crippen LogP contribution in [0.5, 0.6) is 0 Å². The molecule has 0 spiro atoms. The molecule has 0 aliphatic carbocycles. The lowest BCUT2D eigenvalue weighted by Crippen LogP contribution is -2.32. The summed E-state index contributed by atoms with van der Waals surface area (Å²) < 4.78 is 0. The minimum atomic E-state index is -0.367. The number of rotatable bonds is 3. The Bertz CT molecular complexity index is 416. The molecule has 1 N–H and O–H groups in total. The van der Waals surface area contributed by atoms with Gasteiger partial charge in [-0.05, 0) is 38.4 Å². The van der Waals surface area contributed by atoms with Gasteiger partial charge in [-0.2, -0.15) is 0 Å². The van der Waals surface area contributed by atoms with Crippen molar-refractivity contribution in [3.8, 4) is 0 Å². The summed E-state index contributed by atoms with van der Waals surface area (Å²) in [5, 5.41) is 14.4. The average molecular weight is 250 g/mol.